The van der Waals surface area contributed by atoms with Crippen molar-refractivity contribution in [3.63, 3.8) is 0 Å². The van der Waals surface area contributed by atoms with Gasteiger partial charge in [-0.25, -0.2) is 0 Å². The van der Waals surface area contributed by atoms with E-state index in [0.717, 1.165) is 31.9 Å². The Kier molecular flexibility index (Phi) is 10.3. The van der Waals surface area contributed by atoms with E-state index in [0.29, 0.717) is 12.0 Å². The first-order valence-electron chi connectivity index (χ1n) is 8.94. The summed E-state index contributed by atoms with van der Waals surface area (Å²) in [4.78, 5) is 7.18. The molecule has 2 unspecified atom stereocenters. The highest BCUT2D eigenvalue weighted by atomic mass is 127. The first-order chi connectivity index (χ1) is 11.2. The van der Waals surface area contributed by atoms with Crippen molar-refractivity contribution in [2.45, 2.75) is 39.2 Å². The zero-order valence-corrected chi connectivity index (χ0v) is 17.6. The Balaban J connectivity index is 0.00000288. The highest BCUT2D eigenvalue weighted by molar-refractivity contribution is 14.0. The summed E-state index contributed by atoms with van der Waals surface area (Å²) in [6.45, 7) is 8.56. The molecule has 1 fully saturated rings. The molecule has 0 spiro atoms. The van der Waals surface area contributed by atoms with Crippen LogP contribution in [0.2, 0.25) is 0 Å². The summed E-state index contributed by atoms with van der Waals surface area (Å²) in [6.07, 6.45) is 3.48. The Hall–Kier alpha value is -0.820. The molecule has 0 amide bonds. The molecule has 1 aliphatic rings. The van der Waals surface area contributed by atoms with Gasteiger partial charge in [0.1, 0.15) is 0 Å². The second kappa shape index (κ2) is 11.7. The molecule has 1 aliphatic heterocycles. The number of benzene rings is 1. The molecule has 2 rings (SSSR count). The minimum atomic E-state index is 0. The molecule has 0 saturated carbocycles. The number of hydrogen-bond acceptors (Lipinski definition) is 2. The van der Waals surface area contributed by atoms with Crippen LogP contribution in [-0.4, -0.2) is 50.1 Å². The number of aryl methyl sites for hydroxylation is 1. The summed E-state index contributed by atoms with van der Waals surface area (Å²) in [7, 11) is 2.19. The standard InChI is InChI=1S/C19H32N4.HI/c1-4-20-19(21-14-18-12-13-23(3)15-18)22-16(2)10-11-17-8-6-5-7-9-17;/h5-9,16,18H,4,10-15H2,1-3H3,(H2,20,21,22);1H. The van der Waals surface area contributed by atoms with Gasteiger partial charge in [-0.15, -0.1) is 24.0 Å². The number of aliphatic imine (C=N–C) groups is 1. The predicted molar refractivity (Wildman–Crippen MR) is 114 cm³/mol. The van der Waals surface area contributed by atoms with Crippen LogP contribution in [0, 0.1) is 5.92 Å². The van der Waals surface area contributed by atoms with Crippen LogP contribution in [-0.2, 0) is 6.42 Å². The third-order valence-electron chi connectivity index (χ3n) is 4.43. The van der Waals surface area contributed by atoms with Gasteiger partial charge in [-0.2, -0.15) is 0 Å². The number of nitrogens with one attached hydrogen (secondary N) is 2. The summed E-state index contributed by atoms with van der Waals surface area (Å²) >= 11 is 0. The quantitative estimate of drug-likeness (QED) is 0.386. The van der Waals surface area contributed by atoms with Gasteiger partial charge in [0.2, 0.25) is 0 Å². The van der Waals surface area contributed by atoms with Gasteiger partial charge in [-0.3, -0.25) is 4.99 Å². The van der Waals surface area contributed by atoms with E-state index in [-0.39, 0.29) is 24.0 Å². The Labute approximate surface area is 164 Å². The van der Waals surface area contributed by atoms with Crippen LogP contribution < -0.4 is 10.6 Å². The summed E-state index contributed by atoms with van der Waals surface area (Å²) in [5, 5.41) is 6.92. The van der Waals surface area contributed by atoms with Crippen LogP contribution in [0.15, 0.2) is 35.3 Å². The molecule has 0 aromatic heterocycles. The topological polar surface area (TPSA) is 39.7 Å². The van der Waals surface area contributed by atoms with Crippen molar-refractivity contribution in [3.05, 3.63) is 35.9 Å². The fourth-order valence-electron chi connectivity index (χ4n) is 3.05. The van der Waals surface area contributed by atoms with E-state index in [9.17, 15) is 0 Å². The summed E-state index contributed by atoms with van der Waals surface area (Å²) in [6, 6.07) is 11.1. The number of likely N-dealkylation sites (tertiary alicyclic amines) is 1. The van der Waals surface area contributed by atoms with Crippen LogP contribution in [0.1, 0.15) is 32.3 Å². The Morgan fingerprint density at radius 2 is 2.08 bits per heavy atom. The van der Waals surface area contributed by atoms with Crippen molar-refractivity contribution in [2.24, 2.45) is 10.9 Å². The lowest BCUT2D eigenvalue weighted by Gasteiger charge is -2.18. The van der Waals surface area contributed by atoms with Crippen LogP contribution in [0.25, 0.3) is 0 Å². The van der Waals surface area contributed by atoms with Gasteiger partial charge in [0.05, 0.1) is 0 Å². The first-order valence-corrected chi connectivity index (χ1v) is 8.94. The average Bonchev–Trinajstić information content (AvgIpc) is 2.97. The van der Waals surface area contributed by atoms with Gasteiger partial charge in [0.25, 0.3) is 0 Å². The lowest BCUT2D eigenvalue weighted by atomic mass is 10.1. The van der Waals surface area contributed by atoms with E-state index in [1.165, 1.54) is 25.1 Å². The number of hydrogen-bond donors (Lipinski definition) is 2. The largest absolute Gasteiger partial charge is 0.357 e. The molecule has 4 nitrogen and oxygen atoms in total. The second-order valence-electron chi connectivity index (χ2n) is 6.71. The van der Waals surface area contributed by atoms with E-state index in [2.05, 4.69) is 66.8 Å². The van der Waals surface area contributed by atoms with Crippen LogP contribution in [0.3, 0.4) is 0 Å². The van der Waals surface area contributed by atoms with Crippen molar-refractivity contribution in [1.29, 1.82) is 0 Å². The monoisotopic (exact) mass is 444 g/mol. The molecule has 2 atom stereocenters. The molecule has 0 aliphatic carbocycles. The first kappa shape index (κ1) is 21.2. The maximum Gasteiger partial charge on any atom is 0.191 e. The number of rotatable bonds is 7. The zero-order chi connectivity index (χ0) is 16.5. The number of guanidine groups is 1. The summed E-state index contributed by atoms with van der Waals surface area (Å²) in [5.74, 6) is 1.66. The number of nitrogens with zero attached hydrogens (tertiary/aromatic N) is 2. The lowest BCUT2D eigenvalue weighted by molar-refractivity contribution is 0.397. The Bertz CT molecular complexity index is 478. The summed E-state index contributed by atoms with van der Waals surface area (Å²) in [5.41, 5.74) is 1.40. The third kappa shape index (κ3) is 7.83. The Morgan fingerprint density at radius 3 is 2.71 bits per heavy atom. The van der Waals surface area contributed by atoms with Crippen molar-refractivity contribution in [1.82, 2.24) is 15.5 Å². The minimum Gasteiger partial charge on any atom is -0.357 e. The van der Waals surface area contributed by atoms with Crippen LogP contribution in [0.4, 0.5) is 0 Å². The maximum absolute atomic E-state index is 4.79. The van der Waals surface area contributed by atoms with Crippen molar-refractivity contribution < 1.29 is 0 Å². The van der Waals surface area contributed by atoms with E-state index in [4.69, 9.17) is 4.99 Å². The van der Waals surface area contributed by atoms with Gasteiger partial charge in [0.15, 0.2) is 5.96 Å². The SMILES string of the molecule is CCNC(=NCC1CCN(C)C1)NC(C)CCc1ccccc1.I. The summed E-state index contributed by atoms with van der Waals surface area (Å²) < 4.78 is 0. The molecule has 2 N–H and O–H groups in total. The third-order valence-corrected chi connectivity index (χ3v) is 4.43. The van der Waals surface area contributed by atoms with Gasteiger partial charge in [-0.05, 0) is 58.2 Å². The molecule has 0 bridgehead atoms. The number of halogens is 1. The molecule has 1 saturated heterocycles. The van der Waals surface area contributed by atoms with Gasteiger partial charge in [0, 0.05) is 25.7 Å². The highest BCUT2D eigenvalue weighted by Crippen LogP contribution is 2.14. The Morgan fingerprint density at radius 1 is 1.33 bits per heavy atom. The molecular weight excluding hydrogens is 411 g/mol. The van der Waals surface area contributed by atoms with Crippen LogP contribution >= 0.6 is 24.0 Å². The average molecular weight is 444 g/mol. The zero-order valence-electron chi connectivity index (χ0n) is 15.3. The molecule has 24 heavy (non-hydrogen) atoms. The van der Waals surface area contributed by atoms with E-state index in [1.807, 2.05) is 0 Å². The lowest BCUT2D eigenvalue weighted by Crippen LogP contribution is -2.42. The van der Waals surface area contributed by atoms with Crippen molar-refractivity contribution >= 4 is 29.9 Å². The smallest absolute Gasteiger partial charge is 0.191 e. The predicted octanol–water partition coefficient (Wildman–Crippen LogP) is 3.13. The highest BCUT2D eigenvalue weighted by Gasteiger charge is 2.19. The van der Waals surface area contributed by atoms with Gasteiger partial charge in [-0.1, -0.05) is 30.3 Å². The van der Waals surface area contributed by atoms with Gasteiger partial charge >= 0.3 is 0 Å². The van der Waals surface area contributed by atoms with E-state index >= 15 is 0 Å². The fourth-order valence-corrected chi connectivity index (χ4v) is 3.05. The van der Waals surface area contributed by atoms with Crippen molar-refractivity contribution in [2.75, 3.05) is 33.2 Å². The second-order valence-corrected chi connectivity index (χ2v) is 6.71. The molecule has 1 heterocycles. The molecular formula is C19H33IN4. The molecule has 0 radical (unpaired) electrons. The molecule has 1 aromatic rings. The maximum atomic E-state index is 4.79. The van der Waals surface area contributed by atoms with Gasteiger partial charge < -0.3 is 15.5 Å². The van der Waals surface area contributed by atoms with E-state index < -0.39 is 0 Å². The molecule has 5 heteroatoms. The normalized spacial score (nSPS) is 19.6. The van der Waals surface area contributed by atoms with Crippen LogP contribution in [0.5, 0.6) is 0 Å². The van der Waals surface area contributed by atoms with Crippen molar-refractivity contribution in [3.8, 4) is 0 Å². The molecule has 136 valence electrons. The molecule has 1 aromatic carbocycles. The fraction of sp³-hybridized carbons (Fsp3) is 0.632. The minimum absolute atomic E-state index is 0. The van der Waals surface area contributed by atoms with E-state index in [1.54, 1.807) is 0 Å².